The molecule has 1 fully saturated rings. The van der Waals surface area contributed by atoms with E-state index in [9.17, 15) is 0 Å². The highest BCUT2D eigenvalue weighted by atomic mass is 35.5. The number of halogens is 1. The number of hydrogen-bond acceptors (Lipinski definition) is 5. The van der Waals surface area contributed by atoms with Crippen LogP contribution in [0.1, 0.15) is 67.2 Å². The van der Waals surface area contributed by atoms with E-state index in [4.69, 9.17) is 16.0 Å². The van der Waals surface area contributed by atoms with Crippen molar-refractivity contribution in [2.75, 3.05) is 5.32 Å². The summed E-state index contributed by atoms with van der Waals surface area (Å²) in [4.78, 5) is 4.26. The standard InChI is InChI=1S/C22H35ClN4OSi/c1-14(2)29(15(3)4,16(5)6)28-20-10-8-7-9-19(20)25-22-18-13-24-12-11-17(18)21(23)26-27-22/h11-16,19-20H,7-10H2,1-6H3,(H,25,27)/t19-,20-/m1/s1. The van der Waals surface area contributed by atoms with Crippen LogP contribution < -0.4 is 5.32 Å². The van der Waals surface area contributed by atoms with Crippen LogP contribution in [0.2, 0.25) is 21.8 Å². The van der Waals surface area contributed by atoms with E-state index in [0.717, 1.165) is 29.4 Å². The van der Waals surface area contributed by atoms with E-state index in [-0.39, 0.29) is 12.1 Å². The fraction of sp³-hybridized carbons (Fsp3) is 0.682. The normalized spacial score (nSPS) is 20.8. The van der Waals surface area contributed by atoms with Gasteiger partial charge in [0.1, 0.15) is 0 Å². The second kappa shape index (κ2) is 9.27. The van der Waals surface area contributed by atoms with Crippen molar-refractivity contribution in [1.82, 2.24) is 15.2 Å². The maximum atomic E-state index is 7.17. The molecule has 1 N–H and O–H groups in total. The highest BCUT2D eigenvalue weighted by Gasteiger charge is 2.47. The average Bonchev–Trinajstić information content (AvgIpc) is 2.68. The van der Waals surface area contributed by atoms with Gasteiger partial charge in [-0.2, -0.15) is 0 Å². The minimum atomic E-state index is -1.95. The molecule has 160 valence electrons. The van der Waals surface area contributed by atoms with Crippen LogP contribution in [0.5, 0.6) is 0 Å². The second-order valence-corrected chi connectivity index (χ2v) is 15.0. The van der Waals surface area contributed by atoms with Crippen molar-refractivity contribution in [2.45, 2.75) is 96.0 Å². The first-order valence-corrected chi connectivity index (χ1v) is 13.5. The molecule has 0 spiro atoms. The Labute approximate surface area is 181 Å². The van der Waals surface area contributed by atoms with Gasteiger partial charge in [0, 0.05) is 23.2 Å². The minimum absolute atomic E-state index is 0.201. The Balaban J connectivity index is 1.90. The molecule has 1 aliphatic carbocycles. The van der Waals surface area contributed by atoms with Crippen molar-refractivity contribution >= 4 is 36.5 Å². The van der Waals surface area contributed by atoms with E-state index in [1.54, 1.807) is 6.20 Å². The van der Waals surface area contributed by atoms with Gasteiger partial charge in [-0.15, -0.1) is 10.2 Å². The Bertz CT molecular complexity index is 808. The van der Waals surface area contributed by atoms with E-state index >= 15 is 0 Å². The summed E-state index contributed by atoms with van der Waals surface area (Å²) in [5.41, 5.74) is 1.72. The third-order valence-corrected chi connectivity index (χ3v) is 13.0. The summed E-state index contributed by atoms with van der Waals surface area (Å²) >= 11 is 6.24. The van der Waals surface area contributed by atoms with Crippen LogP contribution in [-0.2, 0) is 4.43 Å². The molecule has 2 aromatic rings. The van der Waals surface area contributed by atoms with Crippen LogP contribution >= 0.6 is 11.6 Å². The van der Waals surface area contributed by atoms with E-state index in [2.05, 4.69) is 62.0 Å². The summed E-state index contributed by atoms with van der Waals surface area (Å²) in [5, 5.41) is 14.4. The van der Waals surface area contributed by atoms with Gasteiger partial charge in [-0.1, -0.05) is 66.0 Å². The summed E-state index contributed by atoms with van der Waals surface area (Å²) in [7, 11) is -1.95. The number of hydrogen-bond donors (Lipinski definition) is 1. The second-order valence-electron chi connectivity index (χ2n) is 9.27. The third-order valence-electron chi connectivity index (χ3n) is 6.62. The van der Waals surface area contributed by atoms with Gasteiger partial charge < -0.3 is 9.74 Å². The van der Waals surface area contributed by atoms with Crippen LogP contribution in [0.3, 0.4) is 0 Å². The van der Waals surface area contributed by atoms with Gasteiger partial charge in [-0.05, 0) is 35.5 Å². The van der Waals surface area contributed by atoms with Gasteiger partial charge >= 0.3 is 0 Å². The highest BCUT2D eigenvalue weighted by Crippen LogP contribution is 2.44. The smallest absolute Gasteiger partial charge is 0.200 e. The molecule has 0 bridgehead atoms. The first-order chi connectivity index (χ1) is 13.8. The molecule has 29 heavy (non-hydrogen) atoms. The average molecular weight is 435 g/mol. The zero-order valence-corrected chi connectivity index (χ0v) is 20.3. The molecule has 2 aromatic heterocycles. The number of aromatic nitrogens is 3. The van der Waals surface area contributed by atoms with E-state index in [0.29, 0.717) is 21.8 Å². The van der Waals surface area contributed by atoms with Gasteiger partial charge in [0.15, 0.2) is 11.0 Å². The molecule has 0 unspecified atom stereocenters. The first-order valence-electron chi connectivity index (χ1n) is 11.0. The zero-order valence-electron chi connectivity index (χ0n) is 18.6. The monoisotopic (exact) mass is 434 g/mol. The molecular weight excluding hydrogens is 400 g/mol. The number of nitrogens with one attached hydrogen (secondary N) is 1. The predicted octanol–water partition coefficient (Wildman–Crippen LogP) is 6.59. The molecule has 7 heteroatoms. The molecule has 0 saturated heterocycles. The topological polar surface area (TPSA) is 59.9 Å². The zero-order chi connectivity index (χ0) is 21.2. The lowest BCUT2D eigenvalue weighted by molar-refractivity contribution is 0.119. The number of anilines is 1. The number of pyridine rings is 1. The summed E-state index contributed by atoms with van der Waals surface area (Å²) in [5.74, 6) is 0.754. The summed E-state index contributed by atoms with van der Waals surface area (Å²) in [6, 6.07) is 2.12. The minimum Gasteiger partial charge on any atom is -0.411 e. The van der Waals surface area contributed by atoms with Gasteiger partial charge in [-0.25, -0.2) is 0 Å². The van der Waals surface area contributed by atoms with E-state index < -0.39 is 8.32 Å². The molecule has 5 nitrogen and oxygen atoms in total. The molecule has 1 aliphatic rings. The van der Waals surface area contributed by atoms with Crippen LogP contribution in [-0.4, -0.2) is 35.6 Å². The molecule has 3 rings (SSSR count). The lowest BCUT2D eigenvalue weighted by Crippen LogP contribution is -2.54. The Morgan fingerprint density at radius 1 is 1.00 bits per heavy atom. The van der Waals surface area contributed by atoms with E-state index in [1.807, 2.05) is 12.3 Å². The van der Waals surface area contributed by atoms with Gasteiger partial charge in [0.05, 0.1) is 12.1 Å². The van der Waals surface area contributed by atoms with Crippen LogP contribution in [0, 0.1) is 0 Å². The van der Waals surface area contributed by atoms with Crippen molar-refractivity contribution in [3.8, 4) is 0 Å². The van der Waals surface area contributed by atoms with Crippen LogP contribution in [0.15, 0.2) is 18.5 Å². The summed E-state index contributed by atoms with van der Waals surface area (Å²) in [6.45, 7) is 14.1. The quantitative estimate of drug-likeness (QED) is 0.497. The fourth-order valence-electron chi connectivity index (χ4n) is 5.32. The summed E-state index contributed by atoms with van der Waals surface area (Å²) < 4.78 is 7.17. The molecule has 2 heterocycles. The molecule has 0 amide bonds. The number of nitrogens with zero attached hydrogens (tertiary/aromatic N) is 3. The van der Waals surface area contributed by atoms with Gasteiger partial charge in [0.2, 0.25) is 8.32 Å². The third kappa shape index (κ3) is 4.44. The Morgan fingerprint density at radius 3 is 2.31 bits per heavy atom. The maximum absolute atomic E-state index is 7.17. The highest BCUT2D eigenvalue weighted by molar-refractivity contribution is 6.77. The molecule has 2 atom stereocenters. The first kappa shape index (κ1) is 22.4. The van der Waals surface area contributed by atoms with Crippen molar-refractivity contribution in [3.63, 3.8) is 0 Å². The Hall–Kier alpha value is -1.24. The maximum Gasteiger partial charge on any atom is 0.200 e. The Kier molecular flexibility index (Phi) is 7.17. The largest absolute Gasteiger partial charge is 0.411 e. The molecule has 0 aliphatic heterocycles. The van der Waals surface area contributed by atoms with Crippen molar-refractivity contribution in [2.24, 2.45) is 0 Å². The molecule has 0 radical (unpaired) electrons. The van der Waals surface area contributed by atoms with E-state index in [1.165, 1.54) is 12.8 Å². The predicted molar refractivity (Wildman–Crippen MR) is 124 cm³/mol. The van der Waals surface area contributed by atoms with Crippen molar-refractivity contribution in [3.05, 3.63) is 23.6 Å². The van der Waals surface area contributed by atoms with Gasteiger partial charge in [0.25, 0.3) is 0 Å². The molecule has 1 saturated carbocycles. The number of rotatable bonds is 7. The summed E-state index contributed by atoms with van der Waals surface area (Å²) in [6.07, 6.45) is 8.34. The molecular formula is C22H35ClN4OSi. The lowest BCUT2D eigenvalue weighted by Gasteiger charge is -2.47. The lowest BCUT2D eigenvalue weighted by atomic mass is 9.92. The number of fused-ring (bicyclic) bond motifs is 1. The fourth-order valence-corrected chi connectivity index (χ4v) is 11.1. The van der Waals surface area contributed by atoms with Crippen molar-refractivity contribution < 1.29 is 4.43 Å². The van der Waals surface area contributed by atoms with Gasteiger partial charge in [-0.3, -0.25) is 4.98 Å². The van der Waals surface area contributed by atoms with Crippen molar-refractivity contribution in [1.29, 1.82) is 0 Å². The van der Waals surface area contributed by atoms with Crippen LogP contribution in [0.25, 0.3) is 10.8 Å². The van der Waals surface area contributed by atoms with Crippen LogP contribution in [0.4, 0.5) is 5.82 Å². The Morgan fingerprint density at radius 2 is 1.66 bits per heavy atom. The SMILES string of the molecule is CC(C)[Si](O[C@@H]1CCCC[C@H]1Nc1nnc(Cl)c2ccncc12)(C(C)C)C(C)C. The molecule has 0 aromatic carbocycles.